The molecule has 106 valence electrons. The van der Waals surface area contributed by atoms with Gasteiger partial charge in [0.25, 0.3) is 0 Å². The largest absolute Gasteiger partial charge is 0.374 e. The molecule has 19 heavy (non-hydrogen) atoms. The maximum absolute atomic E-state index is 6.01. The number of benzene rings is 1. The number of hydrogen-bond donors (Lipinski definition) is 1. The average Bonchev–Trinajstić information content (AvgIpc) is 2.45. The zero-order valence-corrected chi connectivity index (χ0v) is 12.4. The van der Waals surface area contributed by atoms with Crippen LogP contribution >= 0.6 is 0 Å². The summed E-state index contributed by atoms with van der Waals surface area (Å²) in [7, 11) is 0. The van der Waals surface area contributed by atoms with Crippen LogP contribution in [0.15, 0.2) is 24.3 Å². The molecule has 0 aromatic heterocycles. The van der Waals surface area contributed by atoms with E-state index in [-0.39, 0.29) is 6.10 Å². The third-order valence-corrected chi connectivity index (χ3v) is 3.82. The normalized spacial score (nSPS) is 22.4. The van der Waals surface area contributed by atoms with Crippen molar-refractivity contribution >= 4 is 0 Å². The Hall–Kier alpha value is -0.900. The Kier molecular flexibility index (Phi) is 5.37. The first-order valence-electron chi connectivity index (χ1n) is 7.38. The van der Waals surface area contributed by atoms with Gasteiger partial charge < -0.3 is 10.1 Å². The molecule has 1 aromatic carbocycles. The summed E-state index contributed by atoms with van der Waals surface area (Å²) in [5.74, 6) is 0. The number of likely N-dealkylation sites (N-methyl/N-ethyl adjacent to an activating group) is 2. The fourth-order valence-corrected chi connectivity index (χ4v) is 2.77. The minimum Gasteiger partial charge on any atom is -0.374 e. The second-order valence-corrected chi connectivity index (χ2v) is 5.25. The first-order valence-corrected chi connectivity index (χ1v) is 7.38. The van der Waals surface area contributed by atoms with Gasteiger partial charge in [-0.15, -0.1) is 0 Å². The van der Waals surface area contributed by atoms with Crippen LogP contribution in [-0.4, -0.2) is 43.8 Å². The van der Waals surface area contributed by atoms with Crippen LogP contribution in [0.1, 0.15) is 31.0 Å². The molecule has 1 aromatic rings. The fourth-order valence-electron chi connectivity index (χ4n) is 2.77. The third kappa shape index (κ3) is 3.78. The number of ether oxygens (including phenoxy) is 1. The maximum Gasteiger partial charge on any atom is 0.0896 e. The molecule has 1 aliphatic rings. The van der Waals surface area contributed by atoms with E-state index in [9.17, 15) is 0 Å². The Morgan fingerprint density at radius 3 is 2.95 bits per heavy atom. The highest BCUT2D eigenvalue weighted by Gasteiger charge is 2.28. The van der Waals surface area contributed by atoms with Crippen molar-refractivity contribution in [1.82, 2.24) is 10.2 Å². The van der Waals surface area contributed by atoms with Crippen molar-refractivity contribution in [2.45, 2.75) is 32.9 Å². The van der Waals surface area contributed by atoms with Gasteiger partial charge in [-0.05, 0) is 25.6 Å². The molecule has 2 unspecified atom stereocenters. The highest BCUT2D eigenvalue weighted by molar-refractivity contribution is 5.26. The molecule has 1 aliphatic heterocycles. The topological polar surface area (TPSA) is 24.5 Å². The van der Waals surface area contributed by atoms with E-state index in [1.807, 2.05) is 0 Å². The summed E-state index contributed by atoms with van der Waals surface area (Å²) in [6.45, 7) is 11.5. The second-order valence-electron chi connectivity index (χ2n) is 5.25. The number of aryl methyl sites for hydroxylation is 1. The van der Waals surface area contributed by atoms with Crippen LogP contribution in [-0.2, 0) is 4.74 Å². The predicted molar refractivity (Wildman–Crippen MR) is 79.5 cm³/mol. The molecule has 0 spiro atoms. The summed E-state index contributed by atoms with van der Waals surface area (Å²) >= 11 is 0. The number of hydrogen-bond acceptors (Lipinski definition) is 3. The molecule has 0 radical (unpaired) electrons. The summed E-state index contributed by atoms with van der Waals surface area (Å²) in [5, 5.41) is 3.59. The van der Waals surface area contributed by atoms with Gasteiger partial charge in [-0.3, -0.25) is 4.90 Å². The summed E-state index contributed by atoms with van der Waals surface area (Å²) in [6, 6.07) is 9.04. The smallest absolute Gasteiger partial charge is 0.0896 e. The Bertz CT molecular complexity index is 394. The lowest BCUT2D eigenvalue weighted by Gasteiger charge is -2.37. The molecule has 2 rings (SSSR count). The standard InChI is InChI=1S/C16H26N2O/c1-4-17-16(14-8-6-7-13(3)11-14)15-12-18(5-2)9-10-19-15/h6-8,11,15-17H,4-5,9-10,12H2,1-3H3. The molecular formula is C16H26N2O. The molecule has 3 nitrogen and oxygen atoms in total. The van der Waals surface area contributed by atoms with Gasteiger partial charge in [-0.2, -0.15) is 0 Å². The quantitative estimate of drug-likeness (QED) is 0.881. The van der Waals surface area contributed by atoms with Crippen LogP contribution in [0.5, 0.6) is 0 Å². The number of nitrogens with one attached hydrogen (secondary N) is 1. The lowest BCUT2D eigenvalue weighted by molar-refractivity contribution is -0.0453. The van der Waals surface area contributed by atoms with E-state index in [0.717, 1.165) is 32.8 Å². The molecule has 1 heterocycles. The number of nitrogens with zero attached hydrogens (tertiary/aromatic N) is 1. The molecule has 0 saturated carbocycles. The van der Waals surface area contributed by atoms with E-state index in [2.05, 4.69) is 55.3 Å². The van der Waals surface area contributed by atoms with Crippen LogP contribution in [0.25, 0.3) is 0 Å². The van der Waals surface area contributed by atoms with Crippen LogP contribution in [0.3, 0.4) is 0 Å². The highest BCUT2D eigenvalue weighted by Crippen LogP contribution is 2.23. The minimum atomic E-state index is 0.246. The second kappa shape index (κ2) is 7.04. The van der Waals surface area contributed by atoms with E-state index < -0.39 is 0 Å². The zero-order valence-electron chi connectivity index (χ0n) is 12.4. The van der Waals surface area contributed by atoms with Crippen molar-refractivity contribution in [3.63, 3.8) is 0 Å². The van der Waals surface area contributed by atoms with E-state index in [1.54, 1.807) is 0 Å². The van der Waals surface area contributed by atoms with Crippen LogP contribution in [0.4, 0.5) is 0 Å². The Balaban J connectivity index is 2.15. The van der Waals surface area contributed by atoms with E-state index in [1.165, 1.54) is 11.1 Å². The molecule has 3 heteroatoms. The molecule has 1 N–H and O–H groups in total. The fraction of sp³-hybridized carbons (Fsp3) is 0.625. The van der Waals surface area contributed by atoms with Crippen LogP contribution in [0.2, 0.25) is 0 Å². The molecule has 2 atom stereocenters. The van der Waals surface area contributed by atoms with E-state index in [4.69, 9.17) is 4.74 Å². The van der Waals surface area contributed by atoms with Gasteiger partial charge in [0.05, 0.1) is 18.8 Å². The van der Waals surface area contributed by atoms with Crippen molar-refractivity contribution in [3.8, 4) is 0 Å². The van der Waals surface area contributed by atoms with Crippen molar-refractivity contribution in [2.24, 2.45) is 0 Å². The maximum atomic E-state index is 6.01. The highest BCUT2D eigenvalue weighted by atomic mass is 16.5. The molecule has 1 saturated heterocycles. The van der Waals surface area contributed by atoms with Gasteiger partial charge in [0.1, 0.15) is 0 Å². The van der Waals surface area contributed by atoms with Crippen LogP contribution < -0.4 is 5.32 Å². The molecular weight excluding hydrogens is 236 g/mol. The minimum absolute atomic E-state index is 0.246. The molecule has 0 aliphatic carbocycles. The lowest BCUT2D eigenvalue weighted by Crippen LogP contribution is -2.48. The van der Waals surface area contributed by atoms with E-state index >= 15 is 0 Å². The Morgan fingerprint density at radius 2 is 2.26 bits per heavy atom. The molecule has 0 bridgehead atoms. The summed E-state index contributed by atoms with van der Waals surface area (Å²) in [5.41, 5.74) is 2.65. The molecule has 0 amide bonds. The number of rotatable bonds is 5. The van der Waals surface area contributed by atoms with Crippen molar-refractivity contribution in [3.05, 3.63) is 35.4 Å². The SMILES string of the molecule is CCNC(c1cccc(C)c1)C1CN(CC)CCO1. The summed E-state index contributed by atoms with van der Waals surface area (Å²) < 4.78 is 6.01. The first kappa shape index (κ1) is 14.5. The van der Waals surface area contributed by atoms with Gasteiger partial charge in [0, 0.05) is 13.1 Å². The van der Waals surface area contributed by atoms with Crippen molar-refractivity contribution in [2.75, 3.05) is 32.8 Å². The van der Waals surface area contributed by atoms with Gasteiger partial charge in [0.15, 0.2) is 0 Å². The van der Waals surface area contributed by atoms with Gasteiger partial charge >= 0.3 is 0 Å². The van der Waals surface area contributed by atoms with Gasteiger partial charge in [-0.25, -0.2) is 0 Å². The van der Waals surface area contributed by atoms with Crippen molar-refractivity contribution in [1.29, 1.82) is 0 Å². The van der Waals surface area contributed by atoms with Crippen LogP contribution in [0, 0.1) is 6.92 Å². The van der Waals surface area contributed by atoms with Gasteiger partial charge in [-0.1, -0.05) is 43.7 Å². The summed E-state index contributed by atoms with van der Waals surface area (Å²) in [6.07, 6.45) is 0.246. The van der Waals surface area contributed by atoms with Crippen molar-refractivity contribution < 1.29 is 4.74 Å². The zero-order chi connectivity index (χ0) is 13.7. The predicted octanol–water partition coefficient (Wildman–Crippen LogP) is 2.37. The number of morpholine rings is 1. The Morgan fingerprint density at radius 1 is 1.42 bits per heavy atom. The average molecular weight is 262 g/mol. The van der Waals surface area contributed by atoms with Gasteiger partial charge in [0.2, 0.25) is 0 Å². The third-order valence-electron chi connectivity index (χ3n) is 3.82. The Labute approximate surface area is 116 Å². The molecule has 1 fully saturated rings. The first-order chi connectivity index (χ1) is 9.24. The summed E-state index contributed by atoms with van der Waals surface area (Å²) in [4.78, 5) is 2.47. The van der Waals surface area contributed by atoms with E-state index in [0.29, 0.717) is 6.04 Å². The lowest BCUT2D eigenvalue weighted by atomic mass is 9.98. The monoisotopic (exact) mass is 262 g/mol.